The predicted octanol–water partition coefficient (Wildman–Crippen LogP) is 4.56. The summed E-state index contributed by atoms with van der Waals surface area (Å²) in [7, 11) is 0. The fourth-order valence-corrected chi connectivity index (χ4v) is 4.50. The summed E-state index contributed by atoms with van der Waals surface area (Å²) < 4.78 is 0. The van der Waals surface area contributed by atoms with Crippen LogP contribution in [0.2, 0.25) is 5.02 Å². The number of anilines is 2. The number of piperidine rings is 1. The van der Waals surface area contributed by atoms with Crippen molar-refractivity contribution in [1.82, 2.24) is 9.88 Å². The number of carbonyl (C=O) groups excluding carboxylic acids is 2. The number of aromatic nitrogens is 1. The lowest BCUT2D eigenvalue weighted by molar-refractivity contribution is -0.120. The van der Waals surface area contributed by atoms with Crippen LogP contribution in [0, 0.1) is 0 Å². The van der Waals surface area contributed by atoms with Crippen molar-refractivity contribution in [1.29, 1.82) is 0 Å². The lowest BCUT2D eigenvalue weighted by Crippen LogP contribution is -2.38. The molecule has 0 spiro atoms. The fraction of sp³-hybridized carbons (Fsp3) is 0.368. The molecular weight excluding hydrogens is 416 g/mol. The van der Waals surface area contributed by atoms with Crippen molar-refractivity contribution in [3.63, 3.8) is 0 Å². The predicted molar refractivity (Wildman–Crippen MR) is 117 cm³/mol. The SMILES string of the molecule is CC.O=C(Nc1ccc(N2C(=O)C3CCCCN3C2=S)c(Cl)c1)c1cscn1. The molecule has 2 fully saturated rings. The van der Waals surface area contributed by atoms with Gasteiger partial charge in [-0.05, 0) is 49.7 Å². The van der Waals surface area contributed by atoms with Gasteiger partial charge in [-0.2, -0.15) is 0 Å². The van der Waals surface area contributed by atoms with E-state index in [2.05, 4.69) is 10.3 Å². The Morgan fingerprint density at radius 1 is 1.36 bits per heavy atom. The highest BCUT2D eigenvalue weighted by Crippen LogP contribution is 2.36. The van der Waals surface area contributed by atoms with Crippen LogP contribution in [-0.2, 0) is 4.79 Å². The lowest BCUT2D eigenvalue weighted by atomic mass is 10.0. The number of hydrogen-bond acceptors (Lipinski definition) is 5. The van der Waals surface area contributed by atoms with E-state index in [0.29, 0.717) is 27.2 Å². The summed E-state index contributed by atoms with van der Waals surface area (Å²) in [6.45, 7) is 4.80. The maximum atomic E-state index is 12.8. The molecule has 1 atom stereocenters. The highest BCUT2D eigenvalue weighted by atomic mass is 35.5. The number of halogens is 1. The summed E-state index contributed by atoms with van der Waals surface area (Å²) in [5, 5.41) is 5.28. The Bertz CT molecular complexity index is 864. The van der Waals surface area contributed by atoms with Gasteiger partial charge in [0.1, 0.15) is 11.7 Å². The van der Waals surface area contributed by atoms with Gasteiger partial charge >= 0.3 is 0 Å². The number of rotatable bonds is 3. The first-order valence-corrected chi connectivity index (χ1v) is 10.9. The van der Waals surface area contributed by atoms with Crippen LogP contribution in [0.1, 0.15) is 43.6 Å². The molecule has 9 heteroatoms. The minimum atomic E-state index is -0.306. The normalized spacial score (nSPS) is 18.5. The molecule has 2 saturated heterocycles. The molecule has 6 nitrogen and oxygen atoms in total. The molecule has 0 saturated carbocycles. The molecule has 148 valence electrons. The molecule has 28 heavy (non-hydrogen) atoms. The molecule has 2 aromatic rings. The van der Waals surface area contributed by atoms with Crippen LogP contribution in [0.25, 0.3) is 0 Å². The smallest absolute Gasteiger partial charge is 0.275 e. The third-order valence-corrected chi connectivity index (χ3v) is 5.86. The molecule has 0 radical (unpaired) electrons. The summed E-state index contributed by atoms with van der Waals surface area (Å²) >= 11 is 13.3. The van der Waals surface area contributed by atoms with Crippen LogP contribution in [0.5, 0.6) is 0 Å². The van der Waals surface area contributed by atoms with E-state index < -0.39 is 0 Å². The molecule has 4 rings (SSSR count). The third-order valence-electron chi connectivity index (χ3n) is 4.56. The van der Waals surface area contributed by atoms with Gasteiger partial charge in [-0.1, -0.05) is 25.4 Å². The Kier molecular flexibility index (Phi) is 6.64. The molecule has 1 aromatic heterocycles. The largest absolute Gasteiger partial charge is 0.336 e. The van der Waals surface area contributed by atoms with Crippen molar-refractivity contribution in [3.05, 3.63) is 39.8 Å². The van der Waals surface area contributed by atoms with Gasteiger partial charge in [0.15, 0.2) is 5.11 Å². The Balaban J connectivity index is 0.00000109. The van der Waals surface area contributed by atoms with Gasteiger partial charge in [0.2, 0.25) is 0 Å². The Morgan fingerprint density at radius 3 is 2.79 bits per heavy atom. The number of thiazole rings is 1. The van der Waals surface area contributed by atoms with Gasteiger partial charge in [-0.25, -0.2) is 4.98 Å². The number of nitrogens with one attached hydrogen (secondary N) is 1. The van der Waals surface area contributed by atoms with Gasteiger partial charge in [-0.3, -0.25) is 14.5 Å². The molecule has 1 aromatic carbocycles. The van der Waals surface area contributed by atoms with Crippen molar-refractivity contribution in [2.45, 2.75) is 39.2 Å². The van der Waals surface area contributed by atoms with Gasteiger partial charge in [0, 0.05) is 17.6 Å². The van der Waals surface area contributed by atoms with E-state index >= 15 is 0 Å². The monoisotopic (exact) mass is 436 g/mol. The molecule has 3 heterocycles. The molecule has 2 aliphatic rings. The number of hydrogen-bond donors (Lipinski definition) is 1. The Labute approximate surface area is 178 Å². The van der Waals surface area contributed by atoms with Crippen molar-refractivity contribution in [2.24, 2.45) is 0 Å². The number of amides is 2. The topological polar surface area (TPSA) is 65.5 Å². The first-order valence-electron chi connectivity index (χ1n) is 9.20. The summed E-state index contributed by atoms with van der Waals surface area (Å²) in [6.07, 6.45) is 2.88. The van der Waals surface area contributed by atoms with Crippen LogP contribution in [0.4, 0.5) is 11.4 Å². The average Bonchev–Trinajstić information content (AvgIpc) is 3.33. The third kappa shape index (κ3) is 3.90. The average molecular weight is 437 g/mol. The zero-order valence-corrected chi connectivity index (χ0v) is 18.0. The minimum Gasteiger partial charge on any atom is -0.336 e. The van der Waals surface area contributed by atoms with Crippen LogP contribution < -0.4 is 10.2 Å². The second-order valence-corrected chi connectivity index (χ2v) is 7.65. The lowest BCUT2D eigenvalue weighted by Gasteiger charge is -2.28. The molecule has 0 bridgehead atoms. The quantitative estimate of drug-likeness (QED) is 0.714. The van der Waals surface area contributed by atoms with Crippen molar-refractivity contribution in [2.75, 3.05) is 16.8 Å². The second-order valence-electron chi connectivity index (χ2n) is 6.16. The molecule has 2 aliphatic heterocycles. The molecule has 2 amide bonds. The number of carbonyl (C=O) groups is 2. The van der Waals surface area contributed by atoms with E-state index in [4.69, 9.17) is 23.8 Å². The van der Waals surface area contributed by atoms with Crippen LogP contribution in [-0.4, -0.2) is 39.4 Å². The van der Waals surface area contributed by atoms with E-state index in [1.54, 1.807) is 29.1 Å². The van der Waals surface area contributed by atoms with E-state index in [-0.39, 0.29) is 17.9 Å². The molecule has 1 N–H and O–H groups in total. The van der Waals surface area contributed by atoms with Crippen LogP contribution in [0.15, 0.2) is 29.1 Å². The fourth-order valence-electron chi connectivity index (χ4n) is 3.30. The first-order chi connectivity index (χ1) is 13.6. The Hall–Kier alpha value is -2.03. The van der Waals surface area contributed by atoms with Crippen molar-refractivity contribution in [3.8, 4) is 0 Å². The maximum absolute atomic E-state index is 12.8. The van der Waals surface area contributed by atoms with E-state index in [1.807, 2.05) is 18.7 Å². The summed E-state index contributed by atoms with van der Waals surface area (Å²) in [5.41, 5.74) is 3.03. The number of benzene rings is 1. The molecule has 0 aliphatic carbocycles. The highest BCUT2D eigenvalue weighted by Gasteiger charge is 2.44. The highest BCUT2D eigenvalue weighted by molar-refractivity contribution is 7.80. The van der Waals surface area contributed by atoms with Gasteiger partial charge in [0.25, 0.3) is 11.8 Å². The van der Waals surface area contributed by atoms with Crippen LogP contribution >= 0.6 is 35.2 Å². The van der Waals surface area contributed by atoms with Crippen molar-refractivity contribution < 1.29 is 9.59 Å². The van der Waals surface area contributed by atoms with Gasteiger partial charge in [-0.15, -0.1) is 11.3 Å². The van der Waals surface area contributed by atoms with E-state index in [0.717, 1.165) is 25.8 Å². The first kappa shape index (κ1) is 20.7. The summed E-state index contributed by atoms with van der Waals surface area (Å²) in [5.74, 6) is -0.337. The summed E-state index contributed by atoms with van der Waals surface area (Å²) in [4.78, 5) is 32.4. The van der Waals surface area contributed by atoms with Crippen molar-refractivity contribution >= 4 is 63.5 Å². The second kappa shape index (κ2) is 8.98. The molecular formula is C19H21ClN4O2S2. The Morgan fingerprint density at radius 2 is 2.14 bits per heavy atom. The van der Waals surface area contributed by atoms with Crippen LogP contribution in [0.3, 0.4) is 0 Å². The molecule has 1 unspecified atom stereocenters. The standard InChI is InChI=1S/C17H15ClN4O2S2.C2H6/c18-11-7-10(20-15(23)12-8-26-9-19-12)4-5-13(11)22-16(24)14-3-1-2-6-21(14)17(22)25;1-2/h4-5,7-9,14H,1-3,6H2,(H,20,23);1-2H3. The summed E-state index contributed by atoms with van der Waals surface area (Å²) in [6, 6.07) is 4.85. The maximum Gasteiger partial charge on any atom is 0.275 e. The van der Waals surface area contributed by atoms with Gasteiger partial charge < -0.3 is 10.2 Å². The minimum absolute atomic E-state index is 0.0316. The number of thiocarbonyl (C=S) groups is 1. The van der Waals surface area contributed by atoms with Gasteiger partial charge in [0.05, 0.1) is 16.2 Å². The van der Waals surface area contributed by atoms with E-state index in [1.165, 1.54) is 16.2 Å². The van der Waals surface area contributed by atoms with E-state index in [9.17, 15) is 9.59 Å². The zero-order chi connectivity index (χ0) is 20.3. The number of fused-ring (bicyclic) bond motifs is 1. The zero-order valence-electron chi connectivity index (χ0n) is 15.6. The number of nitrogens with zero attached hydrogens (tertiary/aromatic N) is 3.